The van der Waals surface area contributed by atoms with Crippen molar-refractivity contribution in [2.45, 2.75) is 31.2 Å². The summed E-state index contributed by atoms with van der Waals surface area (Å²) in [7, 11) is 1.74. The van der Waals surface area contributed by atoms with Crippen LogP contribution in [0, 0.1) is 17.2 Å². The van der Waals surface area contributed by atoms with E-state index in [1.165, 1.54) is 0 Å². The van der Waals surface area contributed by atoms with Crippen LogP contribution in [0.1, 0.15) is 36.8 Å². The molecule has 1 heterocycles. The highest BCUT2D eigenvalue weighted by molar-refractivity contribution is 6.01. The number of rotatable bonds is 3. The number of benzene rings is 1. The summed E-state index contributed by atoms with van der Waals surface area (Å²) in [5.74, 6) is -0.850. The first kappa shape index (κ1) is 14.6. The molecule has 5 heteroatoms. The lowest BCUT2D eigenvalue weighted by molar-refractivity contribution is -0.144. The fraction of sp³-hybridized carbons (Fsp3) is 0.471. The molecule has 1 saturated carbocycles. The van der Waals surface area contributed by atoms with Crippen LogP contribution in [-0.4, -0.2) is 30.3 Å². The molecule has 0 radical (unpaired) electrons. The molecule has 1 aliphatic heterocycles. The third-order valence-electron chi connectivity index (χ3n) is 4.63. The normalized spacial score (nSPS) is 22.8. The van der Waals surface area contributed by atoms with Crippen LogP contribution in [0.2, 0.25) is 0 Å². The van der Waals surface area contributed by atoms with Crippen LogP contribution >= 0.6 is 0 Å². The summed E-state index contributed by atoms with van der Waals surface area (Å²) in [5.41, 5.74) is 1.16. The van der Waals surface area contributed by atoms with E-state index in [-0.39, 0.29) is 17.4 Å². The van der Waals surface area contributed by atoms with Gasteiger partial charge in [0.1, 0.15) is 5.92 Å². The van der Waals surface area contributed by atoms with Crippen LogP contribution in [0.5, 0.6) is 0 Å². The Kier molecular flexibility index (Phi) is 3.61. The van der Waals surface area contributed by atoms with Gasteiger partial charge in [-0.1, -0.05) is 12.1 Å². The zero-order valence-corrected chi connectivity index (χ0v) is 12.6. The first-order chi connectivity index (χ1) is 10.6. The maximum Gasteiger partial charge on any atom is 0.234 e. The molecule has 3 rings (SSSR count). The largest absolute Gasteiger partial charge is 0.346 e. The van der Waals surface area contributed by atoms with Crippen molar-refractivity contribution in [3.8, 4) is 6.07 Å². The molecular formula is C17H19N3O2. The minimum absolute atomic E-state index is 0.0923. The number of carbonyl (C=O) groups is 2. The molecule has 0 aromatic heterocycles. The zero-order valence-electron chi connectivity index (χ0n) is 12.6. The van der Waals surface area contributed by atoms with Gasteiger partial charge in [0.05, 0.1) is 17.2 Å². The molecule has 114 valence electrons. The fourth-order valence-electron chi connectivity index (χ4n) is 3.10. The number of hydrogen-bond donors (Lipinski definition) is 1. The SMILES string of the molecule is CN1CCC[C@H](C(=O)NC2(c3cccc(C#N)c3)CC2)C1=O. The summed E-state index contributed by atoms with van der Waals surface area (Å²) in [6, 6.07) is 9.46. The second kappa shape index (κ2) is 5.45. The fourth-order valence-corrected chi connectivity index (χ4v) is 3.10. The first-order valence-electron chi connectivity index (χ1n) is 7.63. The average Bonchev–Trinajstić information content (AvgIpc) is 3.31. The Morgan fingerprint density at radius 1 is 1.45 bits per heavy atom. The monoisotopic (exact) mass is 297 g/mol. The van der Waals surface area contributed by atoms with E-state index in [4.69, 9.17) is 5.26 Å². The van der Waals surface area contributed by atoms with E-state index in [2.05, 4.69) is 11.4 Å². The summed E-state index contributed by atoms with van der Waals surface area (Å²) in [5, 5.41) is 12.1. The molecule has 1 aromatic carbocycles. The summed E-state index contributed by atoms with van der Waals surface area (Å²) >= 11 is 0. The third kappa shape index (κ3) is 2.57. The lowest BCUT2D eigenvalue weighted by Gasteiger charge is -2.30. The van der Waals surface area contributed by atoms with Crippen molar-refractivity contribution in [1.29, 1.82) is 5.26 Å². The minimum atomic E-state index is -0.574. The Balaban J connectivity index is 1.76. The molecule has 0 bridgehead atoms. The maximum absolute atomic E-state index is 12.5. The number of nitriles is 1. The molecule has 1 saturated heterocycles. The highest BCUT2D eigenvalue weighted by Gasteiger charge is 2.47. The molecule has 5 nitrogen and oxygen atoms in total. The highest BCUT2D eigenvalue weighted by Crippen LogP contribution is 2.46. The quantitative estimate of drug-likeness (QED) is 0.860. The Morgan fingerprint density at radius 2 is 2.23 bits per heavy atom. The van der Waals surface area contributed by atoms with E-state index in [0.717, 1.165) is 31.4 Å². The smallest absolute Gasteiger partial charge is 0.234 e. The predicted molar refractivity (Wildman–Crippen MR) is 80.6 cm³/mol. The van der Waals surface area contributed by atoms with Crippen LogP contribution < -0.4 is 5.32 Å². The van der Waals surface area contributed by atoms with Crippen molar-refractivity contribution < 1.29 is 9.59 Å². The van der Waals surface area contributed by atoms with E-state index in [1.807, 2.05) is 18.2 Å². The first-order valence-corrected chi connectivity index (χ1v) is 7.63. The number of nitrogens with one attached hydrogen (secondary N) is 1. The Labute approximate surface area is 129 Å². The summed E-state index contributed by atoms with van der Waals surface area (Å²) in [6.45, 7) is 0.720. The van der Waals surface area contributed by atoms with E-state index in [0.29, 0.717) is 12.0 Å². The molecule has 2 fully saturated rings. The number of hydrogen-bond acceptors (Lipinski definition) is 3. The van der Waals surface area contributed by atoms with Gasteiger partial charge in [-0.05, 0) is 43.4 Å². The van der Waals surface area contributed by atoms with Gasteiger partial charge >= 0.3 is 0 Å². The van der Waals surface area contributed by atoms with Gasteiger partial charge in [-0.15, -0.1) is 0 Å². The maximum atomic E-state index is 12.5. The van der Waals surface area contributed by atoms with Crippen molar-refractivity contribution >= 4 is 11.8 Å². The molecule has 1 aromatic rings. The number of piperidine rings is 1. The van der Waals surface area contributed by atoms with Crippen molar-refractivity contribution in [3.63, 3.8) is 0 Å². The number of likely N-dealkylation sites (tertiary alicyclic amines) is 1. The summed E-state index contributed by atoms with van der Waals surface area (Å²) in [4.78, 5) is 26.3. The Hall–Kier alpha value is -2.35. The van der Waals surface area contributed by atoms with Gasteiger partial charge in [-0.3, -0.25) is 9.59 Å². The van der Waals surface area contributed by atoms with Crippen LogP contribution in [0.15, 0.2) is 24.3 Å². The van der Waals surface area contributed by atoms with E-state index >= 15 is 0 Å². The molecule has 2 amide bonds. The van der Waals surface area contributed by atoms with Gasteiger partial charge in [0.15, 0.2) is 0 Å². The molecule has 1 N–H and O–H groups in total. The molecule has 22 heavy (non-hydrogen) atoms. The highest BCUT2D eigenvalue weighted by atomic mass is 16.2. The minimum Gasteiger partial charge on any atom is -0.346 e. The lowest BCUT2D eigenvalue weighted by Crippen LogP contribution is -2.48. The third-order valence-corrected chi connectivity index (χ3v) is 4.63. The number of nitrogens with zero attached hydrogens (tertiary/aromatic N) is 2. The van der Waals surface area contributed by atoms with Gasteiger partial charge in [-0.2, -0.15) is 5.26 Å². The molecular weight excluding hydrogens is 278 g/mol. The molecule has 0 spiro atoms. The van der Waals surface area contributed by atoms with Gasteiger partial charge in [0.2, 0.25) is 11.8 Å². The summed E-state index contributed by atoms with van der Waals surface area (Å²) in [6.07, 6.45) is 3.18. The topological polar surface area (TPSA) is 73.2 Å². The molecule has 1 atom stereocenters. The Bertz CT molecular complexity index is 658. The zero-order chi connectivity index (χ0) is 15.7. The van der Waals surface area contributed by atoms with E-state index in [1.54, 1.807) is 18.0 Å². The van der Waals surface area contributed by atoms with Crippen LogP contribution in [0.25, 0.3) is 0 Å². The standard InChI is InChI=1S/C17H19N3O2/c1-20-9-3-6-14(16(20)22)15(21)19-17(7-8-17)13-5-2-4-12(10-13)11-18/h2,4-5,10,14H,3,6-9H2,1H3,(H,19,21)/t14-/m1/s1. The predicted octanol–water partition coefficient (Wildman–Crippen LogP) is 1.53. The van der Waals surface area contributed by atoms with Gasteiger partial charge < -0.3 is 10.2 Å². The summed E-state index contributed by atoms with van der Waals surface area (Å²) < 4.78 is 0. The van der Waals surface area contributed by atoms with Gasteiger partial charge in [0.25, 0.3) is 0 Å². The van der Waals surface area contributed by atoms with Gasteiger partial charge in [0, 0.05) is 13.6 Å². The van der Waals surface area contributed by atoms with E-state index in [9.17, 15) is 9.59 Å². The number of carbonyl (C=O) groups excluding carboxylic acids is 2. The van der Waals surface area contributed by atoms with Crippen LogP contribution in [0.4, 0.5) is 0 Å². The second-order valence-corrected chi connectivity index (χ2v) is 6.22. The van der Waals surface area contributed by atoms with Crippen molar-refractivity contribution in [3.05, 3.63) is 35.4 Å². The molecule has 2 aliphatic rings. The lowest BCUT2D eigenvalue weighted by atomic mass is 9.95. The van der Waals surface area contributed by atoms with Crippen molar-refractivity contribution in [2.24, 2.45) is 5.92 Å². The van der Waals surface area contributed by atoms with Crippen molar-refractivity contribution in [1.82, 2.24) is 10.2 Å². The molecule has 1 aliphatic carbocycles. The van der Waals surface area contributed by atoms with E-state index < -0.39 is 5.92 Å². The van der Waals surface area contributed by atoms with Gasteiger partial charge in [-0.25, -0.2) is 0 Å². The number of amides is 2. The van der Waals surface area contributed by atoms with Crippen molar-refractivity contribution in [2.75, 3.05) is 13.6 Å². The Morgan fingerprint density at radius 3 is 2.91 bits per heavy atom. The second-order valence-electron chi connectivity index (χ2n) is 6.22. The molecule has 0 unspecified atom stereocenters. The van der Waals surface area contributed by atoms with Crippen LogP contribution in [-0.2, 0) is 15.1 Å². The average molecular weight is 297 g/mol. The van der Waals surface area contributed by atoms with Crippen LogP contribution in [0.3, 0.4) is 0 Å².